The minimum atomic E-state index is -0.821. The third-order valence-electron chi connectivity index (χ3n) is 3.23. The number of carbonyl (C=O) groups excluding carboxylic acids is 2. The molecule has 0 fully saturated rings. The Morgan fingerprint density at radius 3 is 2.61 bits per heavy atom. The second-order valence-corrected chi connectivity index (χ2v) is 5.43. The molecule has 1 N–H and O–H groups in total. The maximum atomic E-state index is 12.4. The van der Waals surface area contributed by atoms with Crippen molar-refractivity contribution in [1.29, 1.82) is 0 Å². The normalized spacial score (nSPS) is 11.8. The highest BCUT2D eigenvalue weighted by molar-refractivity contribution is 6.30. The summed E-state index contributed by atoms with van der Waals surface area (Å²) in [4.78, 5) is 25.9. The summed E-state index contributed by atoms with van der Waals surface area (Å²) in [6.07, 6.45) is 0. The van der Waals surface area contributed by atoms with Crippen molar-refractivity contribution in [2.24, 2.45) is 0 Å². The topological polar surface area (TPSA) is 75.4 Å². The molecule has 1 aromatic heterocycles. The van der Waals surface area contributed by atoms with Gasteiger partial charge in [-0.05, 0) is 19.4 Å². The molecule has 0 aliphatic carbocycles. The molecule has 0 saturated carbocycles. The van der Waals surface area contributed by atoms with Gasteiger partial charge < -0.3 is 14.7 Å². The monoisotopic (exact) mass is 335 g/mol. The van der Waals surface area contributed by atoms with E-state index in [-0.39, 0.29) is 18.4 Å². The molecule has 0 radical (unpaired) electrons. The lowest BCUT2D eigenvalue weighted by atomic mass is 10.1. The van der Waals surface area contributed by atoms with Crippen LogP contribution >= 0.6 is 11.6 Å². The van der Waals surface area contributed by atoms with Crippen molar-refractivity contribution in [3.8, 4) is 0 Å². The molecule has 0 aliphatic rings. The van der Waals surface area contributed by atoms with Gasteiger partial charge >= 0.3 is 0 Å². The number of nitrogens with zero attached hydrogens (tertiary/aromatic N) is 2. The van der Waals surface area contributed by atoms with Crippen molar-refractivity contribution in [2.45, 2.75) is 19.2 Å². The Kier molecular flexibility index (Phi) is 5.76. The smallest absolute Gasteiger partial charge is 0.245 e. The van der Waals surface area contributed by atoms with E-state index in [4.69, 9.17) is 16.1 Å². The molecule has 2 amide bonds. The van der Waals surface area contributed by atoms with Crippen molar-refractivity contribution >= 4 is 29.2 Å². The third kappa shape index (κ3) is 4.56. The second-order valence-electron chi connectivity index (χ2n) is 5.00. The van der Waals surface area contributed by atoms with Gasteiger partial charge in [-0.15, -0.1) is 11.6 Å². The van der Waals surface area contributed by atoms with Crippen LogP contribution in [-0.4, -0.2) is 35.0 Å². The number of alkyl halides is 1. The van der Waals surface area contributed by atoms with Gasteiger partial charge in [0.25, 0.3) is 0 Å². The summed E-state index contributed by atoms with van der Waals surface area (Å²) in [5, 5.41) is 5.44. The molecule has 2 aromatic rings. The molecule has 1 heterocycles. The first-order valence-electron chi connectivity index (χ1n) is 7.22. The van der Waals surface area contributed by atoms with Crippen molar-refractivity contribution < 1.29 is 14.1 Å². The van der Waals surface area contributed by atoms with Gasteiger partial charge in [0.1, 0.15) is 11.1 Å². The van der Waals surface area contributed by atoms with Gasteiger partial charge in [0.15, 0.2) is 5.82 Å². The van der Waals surface area contributed by atoms with E-state index < -0.39 is 5.38 Å². The Morgan fingerprint density at radius 2 is 2.04 bits per heavy atom. The maximum absolute atomic E-state index is 12.4. The lowest BCUT2D eigenvalue weighted by Crippen LogP contribution is -2.39. The van der Waals surface area contributed by atoms with Gasteiger partial charge in [-0.1, -0.05) is 35.5 Å². The van der Waals surface area contributed by atoms with Crippen LogP contribution in [0, 0.1) is 6.92 Å². The van der Waals surface area contributed by atoms with E-state index in [1.807, 2.05) is 18.2 Å². The fourth-order valence-corrected chi connectivity index (χ4v) is 2.33. The molecule has 1 unspecified atom stereocenters. The number of rotatable bonds is 6. The van der Waals surface area contributed by atoms with E-state index in [1.165, 1.54) is 4.90 Å². The fraction of sp³-hybridized carbons (Fsp3) is 0.312. The molecular weight excluding hydrogens is 318 g/mol. The molecule has 0 saturated heterocycles. The zero-order chi connectivity index (χ0) is 16.8. The molecule has 0 aliphatic heterocycles. The number of halogens is 1. The molecule has 1 aromatic carbocycles. The predicted octanol–water partition coefficient (Wildman–Crippen LogP) is 2.75. The lowest BCUT2D eigenvalue weighted by molar-refractivity contribution is -0.134. The zero-order valence-corrected chi connectivity index (χ0v) is 13.7. The van der Waals surface area contributed by atoms with Crippen LogP contribution in [0.5, 0.6) is 0 Å². The molecule has 7 heteroatoms. The number of carbonyl (C=O) groups is 2. The van der Waals surface area contributed by atoms with Crippen molar-refractivity contribution in [1.82, 2.24) is 10.1 Å². The van der Waals surface area contributed by atoms with Crippen LogP contribution in [0.25, 0.3) is 0 Å². The Labute approximate surface area is 139 Å². The first-order valence-corrected chi connectivity index (χ1v) is 7.66. The zero-order valence-electron chi connectivity index (χ0n) is 13.0. The lowest BCUT2D eigenvalue weighted by Gasteiger charge is -2.22. The molecule has 23 heavy (non-hydrogen) atoms. The summed E-state index contributed by atoms with van der Waals surface area (Å²) in [5.74, 6) is 0.243. The Balaban J connectivity index is 1.98. The van der Waals surface area contributed by atoms with E-state index in [0.717, 1.165) is 0 Å². The highest BCUT2D eigenvalue weighted by atomic mass is 35.5. The number of hydrogen-bond acceptors (Lipinski definition) is 4. The number of nitrogens with one attached hydrogen (secondary N) is 1. The molecule has 6 nitrogen and oxygen atoms in total. The summed E-state index contributed by atoms with van der Waals surface area (Å²) < 4.78 is 4.87. The molecular formula is C16H18ClN3O3. The molecule has 0 spiro atoms. The molecule has 2 rings (SSSR count). The Morgan fingerprint density at radius 1 is 1.35 bits per heavy atom. The van der Waals surface area contributed by atoms with Crippen LogP contribution < -0.4 is 5.32 Å². The number of aryl methyl sites for hydroxylation is 1. The van der Waals surface area contributed by atoms with E-state index in [1.54, 1.807) is 32.0 Å². The van der Waals surface area contributed by atoms with Gasteiger partial charge in [-0.25, -0.2) is 0 Å². The first kappa shape index (κ1) is 17.0. The predicted molar refractivity (Wildman–Crippen MR) is 87.2 cm³/mol. The van der Waals surface area contributed by atoms with Crippen molar-refractivity contribution in [2.75, 3.05) is 18.4 Å². The third-order valence-corrected chi connectivity index (χ3v) is 3.67. The second kappa shape index (κ2) is 7.78. The summed E-state index contributed by atoms with van der Waals surface area (Å²) >= 11 is 6.23. The number of hydrogen-bond donors (Lipinski definition) is 1. The van der Waals surface area contributed by atoms with Crippen LogP contribution in [0.1, 0.15) is 23.6 Å². The molecule has 0 bridgehead atoms. The largest absolute Gasteiger partial charge is 0.360 e. The molecule has 1 atom stereocenters. The van der Waals surface area contributed by atoms with Gasteiger partial charge in [-0.3, -0.25) is 9.59 Å². The van der Waals surface area contributed by atoms with Gasteiger partial charge in [0.2, 0.25) is 11.8 Å². The van der Waals surface area contributed by atoms with Crippen LogP contribution in [0.2, 0.25) is 0 Å². The number of amides is 2. The van der Waals surface area contributed by atoms with Crippen LogP contribution in [-0.2, 0) is 9.59 Å². The quantitative estimate of drug-likeness (QED) is 0.824. The van der Waals surface area contributed by atoms with Crippen molar-refractivity contribution in [3.63, 3.8) is 0 Å². The number of aromatic nitrogens is 1. The maximum Gasteiger partial charge on any atom is 0.245 e. The van der Waals surface area contributed by atoms with Gasteiger partial charge in [-0.2, -0.15) is 0 Å². The number of anilines is 1. The summed E-state index contributed by atoms with van der Waals surface area (Å²) in [6.45, 7) is 3.79. The minimum Gasteiger partial charge on any atom is -0.360 e. The summed E-state index contributed by atoms with van der Waals surface area (Å²) in [5.41, 5.74) is 0.699. The van der Waals surface area contributed by atoms with E-state index in [0.29, 0.717) is 23.7 Å². The van der Waals surface area contributed by atoms with Crippen LogP contribution in [0.4, 0.5) is 5.82 Å². The van der Waals surface area contributed by atoms with E-state index in [9.17, 15) is 9.59 Å². The highest BCUT2D eigenvalue weighted by Gasteiger charge is 2.24. The van der Waals surface area contributed by atoms with Crippen LogP contribution in [0.3, 0.4) is 0 Å². The average Bonchev–Trinajstić information content (AvgIpc) is 2.96. The fourth-order valence-electron chi connectivity index (χ4n) is 2.05. The molecule has 122 valence electrons. The summed E-state index contributed by atoms with van der Waals surface area (Å²) in [7, 11) is 0. The summed E-state index contributed by atoms with van der Waals surface area (Å²) in [6, 6.07) is 10.6. The van der Waals surface area contributed by atoms with Crippen LogP contribution in [0.15, 0.2) is 40.9 Å². The van der Waals surface area contributed by atoms with E-state index >= 15 is 0 Å². The van der Waals surface area contributed by atoms with Gasteiger partial charge in [0.05, 0.1) is 6.54 Å². The Bertz CT molecular complexity index is 672. The standard InChI is InChI=1S/C16H18ClN3O3/c1-3-20(10-14(21)18-13-9-11(2)23-19-13)16(22)15(17)12-7-5-4-6-8-12/h4-9,15H,3,10H2,1-2H3,(H,18,19,21). The minimum absolute atomic E-state index is 0.0999. The SMILES string of the molecule is CCN(CC(=O)Nc1cc(C)on1)C(=O)C(Cl)c1ccccc1. The van der Waals surface area contributed by atoms with Crippen molar-refractivity contribution in [3.05, 3.63) is 47.7 Å². The first-order chi connectivity index (χ1) is 11.0. The average molecular weight is 336 g/mol. The highest BCUT2D eigenvalue weighted by Crippen LogP contribution is 2.22. The number of benzene rings is 1. The number of likely N-dealkylation sites (N-methyl/N-ethyl adjacent to an activating group) is 1. The van der Waals surface area contributed by atoms with Gasteiger partial charge in [0, 0.05) is 12.6 Å². The Hall–Kier alpha value is -2.34. The van der Waals surface area contributed by atoms with E-state index in [2.05, 4.69) is 10.5 Å².